The van der Waals surface area contributed by atoms with Crippen molar-refractivity contribution in [3.05, 3.63) is 215 Å². The van der Waals surface area contributed by atoms with Crippen molar-refractivity contribution < 1.29 is 9.59 Å². The smallest absolute Gasteiger partial charge is 0.268 e. The van der Waals surface area contributed by atoms with Gasteiger partial charge >= 0.3 is 0 Å². The molecule has 0 saturated heterocycles. The molecule has 8 heteroatoms. The molecule has 62 heavy (non-hydrogen) atoms. The molecule has 0 fully saturated rings. The lowest BCUT2D eigenvalue weighted by atomic mass is 9.95. The van der Waals surface area contributed by atoms with E-state index in [0.717, 1.165) is 21.9 Å². The third-order valence-electron chi connectivity index (χ3n) is 11.3. The van der Waals surface area contributed by atoms with Gasteiger partial charge in [0.25, 0.3) is 11.8 Å². The summed E-state index contributed by atoms with van der Waals surface area (Å²) in [7, 11) is 0. The van der Waals surface area contributed by atoms with E-state index < -0.39 is 11.8 Å². The molecule has 0 unspecified atom stereocenters. The standard InChI is InChI=1S/C54H28N6O2/c1-57-39-27-33(31-55)25-37(29-39)43-19-10-21-45-46-22-11-20-44(38-26-34(32-56)28-40(30-38)58-2)52(46)59(51(43)45)48-24-12-23-47-49(48)54(62)60(53(47)61)50-41(35-13-5-3-6-14-35)17-9-18-42(50)36-15-7-4-8-16-36/h3-30H. The molecule has 1 aromatic heterocycles. The Hall–Kier alpha value is -9.34. The Balaban J connectivity index is 1.31. The summed E-state index contributed by atoms with van der Waals surface area (Å²) in [5, 5.41) is 21.7. The summed E-state index contributed by atoms with van der Waals surface area (Å²) in [5.41, 5.74) is 9.60. The van der Waals surface area contributed by atoms with Crippen LogP contribution in [-0.4, -0.2) is 16.4 Å². The van der Waals surface area contributed by atoms with Gasteiger partial charge in [0.15, 0.2) is 11.4 Å². The lowest BCUT2D eigenvalue weighted by Gasteiger charge is -2.23. The first-order valence-corrected chi connectivity index (χ1v) is 19.6. The van der Waals surface area contributed by atoms with Gasteiger partial charge in [-0.15, -0.1) is 0 Å². The third kappa shape index (κ3) is 5.81. The molecule has 0 atom stereocenters. The number of carbonyl (C=O) groups is 2. The first kappa shape index (κ1) is 37.0. The predicted molar refractivity (Wildman–Crippen MR) is 242 cm³/mol. The number of aromatic nitrogens is 1. The molecule has 2 amide bonds. The van der Waals surface area contributed by atoms with Crippen molar-refractivity contribution >= 4 is 50.7 Å². The highest BCUT2D eigenvalue weighted by Crippen LogP contribution is 2.47. The Morgan fingerprint density at radius 1 is 0.452 bits per heavy atom. The van der Waals surface area contributed by atoms with Crippen LogP contribution < -0.4 is 4.90 Å². The second-order valence-electron chi connectivity index (χ2n) is 14.8. The molecule has 0 spiro atoms. The van der Waals surface area contributed by atoms with Crippen LogP contribution >= 0.6 is 0 Å². The topological polar surface area (TPSA) is 98.6 Å². The average molecular weight is 793 g/mol. The van der Waals surface area contributed by atoms with E-state index in [2.05, 4.69) is 21.8 Å². The van der Waals surface area contributed by atoms with Crippen LogP contribution in [0.5, 0.6) is 0 Å². The fraction of sp³-hybridized carbons (Fsp3) is 0. The lowest BCUT2D eigenvalue weighted by molar-refractivity contribution is 0.0926. The second-order valence-corrected chi connectivity index (χ2v) is 14.8. The number of para-hydroxylation sites is 3. The van der Waals surface area contributed by atoms with Crippen LogP contribution in [0.25, 0.3) is 81.7 Å². The van der Waals surface area contributed by atoms with Crippen molar-refractivity contribution in [3.63, 3.8) is 0 Å². The molecule has 2 heterocycles. The molecule has 10 rings (SSSR count). The van der Waals surface area contributed by atoms with Gasteiger partial charge in [-0.3, -0.25) is 9.59 Å². The maximum absolute atomic E-state index is 15.6. The van der Waals surface area contributed by atoms with Gasteiger partial charge in [0.05, 0.1) is 58.8 Å². The first-order valence-electron chi connectivity index (χ1n) is 19.6. The molecule has 0 saturated carbocycles. The zero-order valence-electron chi connectivity index (χ0n) is 32.7. The Morgan fingerprint density at radius 2 is 0.903 bits per heavy atom. The van der Waals surface area contributed by atoms with Crippen molar-refractivity contribution in [1.29, 1.82) is 10.5 Å². The number of amides is 2. The molecule has 8 aromatic carbocycles. The molecule has 1 aliphatic heterocycles. The molecule has 286 valence electrons. The van der Waals surface area contributed by atoms with Crippen LogP contribution in [0.1, 0.15) is 31.8 Å². The number of nitriles is 2. The monoisotopic (exact) mass is 792 g/mol. The number of rotatable bonds is 6. The van der Waals surface area contributed by atoms with Crippen LogP contribution in [0.2, 0.25) is 0 Å². The Labute approximate surface area is 356 Å². The summed E-state index contributed by atoms with van der Waals surface area (Å²) in [6.45, 7) is 15.7. The van der Waals surface area contributed by atoms with E-state index in [1.165, 1.54) is 4.90 Å². The van der Waals surface area contributed by atoms with Crippen LogP contribution in [0.15, 0.2) is 170 Å². The van der Waals surface area contributed by atoms with E-state index in [4.69, 9.17) is 13.1 Å². The largest absolute Gasteiger partial charge is 0.307 e. The van der Waals surface area contributed by atoms with Crippen molar-refractivity contribution in [2.45, 2.75) is 0 Å². The van der Waals surface area contributed by atoms with Gasteiger partial charge in [0.2, 0.25) is 0 Å². The fourth-order valence-corrected chi connectivity index (χ4v) is 8.76. The summed E-state index contributed by atoms with van der Waals surface area (Å²) < 4.78 is 1.98. The SMILES string of the molecule is [C-]#[N+]c1cc(C#N)cc(-c2cccc3c4cccc(-c5cc(C#N)cc([N+]#[C-])c5)c4n(-c4cccc5c4C(=O)N(c4c(-c6ccccc6)cccc4-c4ccccc4)C5=O)c23)c1. The predicted octanol–water partition coefficient (Wildman–Crippen LogP) is 13.1. The quantitative estimate of drug-likeness (QED) is 0.124. The van der Waals surface area contributed by atoms with E-state index in [9.17, 15) is 10.5 Å². The summed E-state index contributed by atoms with van der Waals surface area (Å²) >= 11 is 0. The maximum atomic E-state index is 15.6. The zero-order valence-corrected chi connectivity index (χ0v) is 32.7. The molecule has 0 radical (unpaired) electrons. The number of hydrogen-bond donors (Lipinski definition) is 0. The van der Waals surface area contributed by atoms with Crippen LogP contribution in [0.3, 0.4) is 0 Å². The van der Waals surface area contributed by atoms with Crippen LogP contribution in [-0.2, 0) is 0 Å². The van der Waals surface area contributed by atoms with E-state index in [-0.39, 0.29) is 11.1 Å². The molecular formula is C54H28N6O2. The normalized spacial score (nSPS) is 11.8. The van der Waals surface area contributed by atoms with Gasteiger partial charge in [-0.05, 0) is 70.8 Å². The average Bonchev–Trinajstić information content (AvgIpc) is 3.81. The molecule has 9 aromatic rings. The fourth-order valence-electron chi connectivity index (χ4n) is 8.76. The Bertz CT molecular complexity index is 3300. The number of fused-ring (bicyclic) bond motifs is 4. The van der Waals surface area contributed by atoms with Crippen molar-refractivity contribution in [2.75, 3.05) is 4.90 Å². The molecule has 8 nitrogen and oxygen atoms in total. The van der Waals surface area contributed by atoms with Gasteiger partial charge < -0.3 is 4.57 Å². The lowest BCUT2D eigenvalue weighted by Crippen LogP contribution is -2.30. The summed E-state index contributed by atoms with van der Waals surface area (Å²) in [6, 6.07) is 56.5. The first-order chi connectivity index (χ1) is 30.4. The molecule has 0 aliphatic carbocycles. The van der Waals surface area contributed by atoms with Gasteiger partial charge in [-0.1, -0.05) is 121 Å². The van der Waals surface area contributed by atoms with Crippen LogP contribution in [0, 0.1) is 35.8 Å². The van der Waals surface area contributed by atoms with Gasteiger partial charge in [0, 0.05) is 44.2 Å². The molecule has 1 aliphatic rings. The van der Waals surface area contributed by atoms with Gasteiger partial charge in [0.1, 0.15) is 0 Å². The van der Waals surface area contributed by atoms with Crippen molar-refractivity contribution in [3.8, 4) is 62.3 Å². The Kier molecular flexibility index (Phi) is 8.82. The number of anilines is 1. The second kappa shape index (κ2) is 14.8. The van der Waals surface area contributed by atoms with Crippen LogP contribution in [0.4, 0.5) is 17.1 Å². The van der Waals surface area contributed by atoms with E-state index >= 15 is 9.59 Å². The number of imide groups is 1. The minimum absolute atomic E-state index is 0.197. The van der Waals surface area contributed by atoms with E-state index in [1.807, 2.05) is 126 Å². The molecule has 0 bridgehead atoms. The zero-order chi connectivity index (χ0) is 42.5. The minimum atomic E-state index is -0.505. The number of nitrogens with zero attached hydrogens (tertiary/aromatic N) is 6. The maximum Gasteiger partial charge on any atom is 0.268 e. The van der Waals surface area contributed by atoms with Gasteiger partial charge in [-0.25, -0.2) is 14.6 Å². The van der Waals surface area contributed by atoms with E-state index in [1.54, 1.807) is 48.5 Å². The summed E-state index contributed by atoms with van der Waals surface area (Å²) in [5.74, 6) is -0.977. The highest BCUT2D eigenvalue weighted by molar-refractivity contribution is 6.37. The number of benzene rings is 8. The minimum Gasteiger partial charge on any atom is -0.307 e. The molecular weight excluding hydrogens is 765 g/mol. The summed E-state index contributed by atoms with van der Waals surface area (Å²) in [4.78, 5) is 39.3. The Morgan fingerprint density at radius 3 is 1.39 bits per heavy atom. The van der Waals surface area contributed by atoms with E-state index in [0.29, 0.717) is 78.3 Å². The number of carbonyl (C=O) groups excluding carboxylic acids is 2. The molecule has 0 N–H and O–H groups in total. The van der Waals surface area contributed by atoms with Gasteiger partial charge in [-0.2, -0.15) is 10.5 Å². The summed E-state index contributed by atoms with van der Waals surface area (Å²) in [6.07, 6.45) is 0. The highest BCUT2D eigenvalue weighted by atomic mass is 16.2. The number of hydrogen-bond acceptors (Lipinski definition) is 4. The third-order valence-corrected chi connectivity index (χ3v) is 11.3. The highest BCUT2D eigenvalue weighted by Gasteiger charge is 2.42. The van der Waals surface area contributed by atoms with Crippen molar-refractivity contribution in [1.82, 2.24) is 4.57 Å². The van der Waals surface area contributed by atoms with Crippen molar-refractivity contribution in [2.24, 2.45) is 0 Å².